The van der Waals surface area contributed by atoms with E-state index < -0.39 is 0 Å². The molecule has 1 rings (SSSR count). The number of hydrogen-bond acceptors (Lipinski definition) is 2. The highest BCUT2D eigenvalue weighted by atomic mass is 16.2. The molecule has 1 aliphatic heterocycles. The van der Waals surface area contributed by atoms with E-state index in [0.717, 1.165) is 19.6 Å². The van der Waals surface area contributed by atoms with Gasteiger partial charge in [-0.2, -0.15) is 0 Å². The maximum atomic E-state index is 11.8. The van der Waals surface area contributed by atoms with Crippen molar-refractivity contribution in [1.82, 2.24) is 15.1 Å². The van der Waals surface area contributed by atoms with Crippen LogP contribution in [0, 0.1) is 5.41 Å². The molecule has 0 bridgehead atoms. The summed E-state index contributed by atoms with van der Waals surface area (Å²) in [4.78, 5) is 16.0. The monoisotopic (exact) mass is 241 g/mol. The summed E-state index contributed by atoms with van der Waals surface area (Å²) < 4.78 is 0. The fourth-order valence-electron chi connectivity index (χ4n) is 1.87. The van der Waals surface area contributed by atoms with Crippen LogP contribution in [0.5, 0.6) is 0 Å². The summed E-state index contributed by atoms with van der Waals surface area (Å²) in [5.41, 5.74) is 0.144. The molecule has 100 valence electrons. The molecule has 1 fully saturated rings. The number of nitrogens with zero attached hydrogens (tertiary/aromatic N) is 2. The molecule has 0 spiro atoms. The van der Waals surface area contributed by atoms with Crippen molar-refractivity contribution in [3.8, 4) is 0 Å². The lowest BCUT2D eigenvalue weighted by molar-refractivity contribution is 0.196. The van der Waals surface area contributed by atoms with Crippen molar-refractivity contribution in [3.05, 3.63) is 0 Å². The number of urea groups is 1. The van der Waals surface area contributed by atoms with E-state index in [1.165, 1.54) is 25.9 Å². The predicted octanol–water partition coefficient (Wildman–Crippen LogP) is 1.77. The maximum Gasteiger partial charge on any atom is 0.317 e. The van der Waals surface area contributed by atoms with E-state index in [1.807, 2.05) is 7.05 Å². The number of carbonyl (C=O) groups is 1. The summed E-state index contributed by atoms with van der Waals surface area (Å²) in [5.74, 6) is 0. The minimum Gasteiger partial charge on any atom is -0.337 e. The molecule has 0 saturated carbocycles. The lowest BCUT2D eigenvalue weighted by Crippen LogP contribution is -2.43. The van der Waals surface area contributed by atoms with E-state index in [0.29, 0.717) is 0 Å². The first kappa shape index (κ1) is 14.3. The first-order chi connectivity index (χ1) is 7.88. The topological polar surface area (TPSA) is 35.6 Å². The number of nitrogens with one attached hydrogen (secondary N) is 1. The number of carbonyl (C=O) groups excluding carboxylic acids is 1. The zero-order valence-corrected chi connectivity index (χ0v) is 11.8. The number of likely N-dealkylation sites (N-methyl/N-ethyl adjacent to an activating group) is 1. The highest BCUT2D eigenvalue weighted by Gasteiger charge is 2.16. The van der Waals surface area contributed by atoms with Gasteiger partial charge in [0.25, 0.3) is 0 Å². The molecule has 2 amide bonds. The van der Waals surface area contributed by atoms with Crippen LogP contribution in [0.2, 0.25) is 0 Å². The summed E-state index contributed by atoms with van der Waals surface area (Å²) in [6, 6.07) is 0.0409. The molecule has 0 aliphatic carbocycles. The molecule has 17 heavy (non-hydrogen) atoms. The Hall–Kier alpha value is -0.770. The molecule has 0 aromatic carbocycles. The first-order valence-electron chi connectivity index (χ1n) is 6.60. The molecule has 0 radical (unpaired) electrons. The van der Waals surface area contributed by atoms with Crippen molar-refractivity contribution >= 4 is 6.03 Å². The first-order valence-corrected chi connectivity index (χ1v) is 6.60. The average Bonchev–Trinajstić information content (AvgIpc) is 2.74. The van der Waals surface area contributed by atoms with Gasteiger partial charge < -0.3 is 15.1 Å². The molecule has 4 nitrogen and oxygen atoms in total. The SMILES string of the molecule is CN(CCN1CCCC1)C(=O)NCC(C)(C)C. The second-order valence-corrected chi connectivity index (χ2v) is 6.19. The Morgan fingerprint density at radius 3 is 2.41 bits per heavy atom. The largest absolute Gasteiger partial charge is 0.337 e. The fourth-order valence-corrected chi connectivity index (χ4v) is 1.87. The molecule has 0 aromatic rings. The van der Waals surface area contributed by atoms with E-state index in [9.17, 15) is 4.79 Å². The molecule has 0 atom stereocenters. The van der Waals surface area contributed by atoms with Crippen LogP contribution < -0.4 is 5.32 Å². The van der Waals surface area contributed by atoms with Crippen molar-refractivity contribution in [3.63, 3.8) is 0 Å². The Labute approximate surface area is 105 Å². The van der Waals surface area contributed by atoms with Crippen LogP contribution in [0.3, 0.4) is 0 Å². The van der Waals surface area contributed by atoms with Crippen LogP contribution in [0.4, 0.5) is 4.79 Å². The van der Waals surface area contributed by atoms with Crippen LogP contribution >= 0.6 is 0 Å². The molecule has 0 aromatic heterocycles. The van der Waals surface area contributed by atoms with Crippen molar-refractivity contribution in [2.24, 2.45) is 5.41 Å². The van der Waals surface area contributed by atoms with Gasteiger partial charge in [-0.3, -0.25) is 0 Å². The normalized spacial score (nSPS) is 17.2. The Balaban J connectivity index is 2.17. The fraction of sp³-hybridized carbons (Fsp3) is 0.923. The number of amides is 2. The van der Waals surface area contributed by atoms with Crippen LogP contribution in [0.1, 0.15) is 33.6 Å². The van der Waals surface area contributed by atoms with Gasteiger partial charge in [0.2, 0.25) is 0 Å². The lowest BCUT2D eigenvalue weighted by Gasteiger charge is -2.24. The molecule has 1 N–H and O–H groups in total. The zero-order chi connectivity index (χ0) is 12.9. The smallest absolute Gasteiger partial charge is 0.317 e. The summed E-state index contributed by atoms with van der Waals surface area (Å²) >= 11 is 0. The second-order valence-electron chi connectivity index (χ2n) is 6.19. The Morgan fingerprint density at radius 2 is 1.88 bits per heavy atom. The quantitative estimate of drug-likeness (QED) is 0.814. The number of hydrogen-bond donors (Lipinski definition) is 1. The minimum absolute atomic E-state index is 0.0409. The van der Waals surface area contributed by atoms with E-state index in [-0.39, 0.29) is 11.4 Å². The third-order valence-corrected chi connectivity index (χ3v) is 3.07. The highest BCUT2D eigenvalue weighted by Crippen LogP contribution is 2.10. The van der Waals surface area contributed by atoms with Gasteiger partial charge in [0.05, 0.1) is 0 Å². The van der Waals surface area contributed by atoms with Gasteiger partial charge in [0.15, 0.2) is 0 Å². The Bertz CT molecular complexity index is 242. The molecular weight excluding hydrogens is 214 g/mol. The highest BCUT2D eigenvalue weighted by molar-refractivity contribution is 5.73. The Morgan fingerprint density at radius 1 is 1.29 bits per heavy atom. The van der Waals surface area contributed by atoms with E-state index in [4.69, 9.17) is 0 Å². The molecule has 4 heteroatoms. The predicted molar refractivity (Wildman–Crippen MR) is 71.2 cm³/mol. The van der Waals surface area contributed by atoms with Crippen LogP contribution in [0.15, 0.2) is 0 Å². The van der Waals surface area contributed by atoms with Crippen LogP contribution in [-0.4, -0.2) is 55.6 Å². The van der Waals surface area contributed by atoms with Crippen molar-refractivity contribution in [1.29, 1.82) is 0 Å². The van der Waals surface area contributed by atoms with Gasteiger partial charge in [0.1, 0.15) is 0 Å². The summed E-state index contributed by atoms with van der Waals surface area (Å²) in [6.07, 6.45) is 2.61. The van der Waals surface area contributed by atoms with Crippen LogP contribution in [-0.2, 0) is 0 Å². The number of rotatable bonds is 4. The molecule has 1 aliphatic rings. The van der Waals surface area contributed by atoms with Gasteiger partial charge in [-0.15, -0.1) is 0 Å². The maximum absolute atomic E-state index is 11.8. The average molecular weight is 241 g/mol. The Kier molecular flexibility index (Phi) is 5.25. The number of likely N-dealkylation sites (tertiary alicyclic amines) is 1. The molecule has 0 unspecified atom stereocenters. The van der Waals surface area contributed by atoms with Gasteiger partial charge in [0, 0.05) is 26.7 Å². The van der Waals surface area contributed by atoms with E-state index in [1.54, 1.807) is 4.90 Å². The molecule has 1 saturated heterocycles. The summed E-state index contributed by atoms with van der Waals surface area (Å²) in [5, 5.41) is 2.97. The van der Waals surface area contributed by atoms with Crippen molar-refractivity contribution < 1.29 is 4.79 Å². The van der Waals surface area contributed by atoms with Gasteiger partial charge >= 0.3 is 6.03 Å². The standard InChI is InChI=1S/C13H27N3O/c1-13(2,3)11-14-12(17)15(4)9-10-16-7-5-6-8-16/h5-11H2,1-4H3,(H,14,17). The third kappa shape index (κ3) is 5.91. The minimum atomic E-state index is 0.0409. The lowest BCUT2D eigenvalue weighted by atomic mass is 9.97. The molecular formula is C13H27N3O. The van der Waals surface area contributed by atoms with E-state index >= 15 is 0 Å². The zero-order valence-electron chi connectivity index (χ0n) is 11.8. The van der Waals surface area contributed by atoms with Crippen molar-refractivity contribution in [2.45, 2.75) is 33.6 Å². The molecule has 1 heterocycles. The van der Waals surface area contributed by atoms with Gasteiger partial charge in [-0.1, -0.05) is 20.8 Å². The van der Waals surface area contributed by atoms with Crippen molar-refractivity contribution in [2.75, 3.05) is 39.8 Å². The second kappa shape index (κ2) is 6.24. The summed E-state index contributed by atoms with van der Waals surface area (Å²) in [7, 11) is 1.87. The summed E-state index contributed by atoms with van der Waals surface area (Å²) in [6.45, 7) is 11.3. The van der Waals surface area contributed by atoms with Gasteiger partial charge in [-0.05, 0) is 31.3 Å². The van der Waals surface area contributed by atoms with Crippen LogP contribution in [0.25, 0.3) is 0 Å². The van der Waals surface area contributed by atoms with Gasteiger partial charge in [-0.25, -0.2) is 4.79 Å². The third-order valence-electron chi connectivity index (χ3n) is 3.07. The van der Waals surface area contributed by atoms with E-state index in [2.05, 4.69) is 31.0 Å².